The summed E-state index contributed by atoms with van der Waals surface area (Å²) in [5, 5.41) is 0. The fourth-order valence-corrected chi connectivity index (χ4v) is 2.44. The number of para-hydroxylation sites is 1. The summed E-state index contributed by atoms with van der Waals surface area (Å²) in [6.45, 7) is 8.09. The maximum atomic E-state index is 11.4. The molecule has 1 aromatic rings. The molecule has 0 saturated carbocycles. The SMILES string of the molecule is CC(=O)N(C)c1ccccc1SC(C)(C)C. The second kappa shape index (κ2) is 4.91. The van der Waals surface area contributed by atoms with Crippen LogP contribution >= 0.6 is 11.8 Å². The molecule has 0 aromatic heterocycles. The van der Waals surface area contributed by atoms with Gasteiger partial charge in [-0.1, -0.05) is 32.9 Å². The third-order valence-electron chi connectivity index (χ3n) is 2.12. The van der Waals surface area contributed by atoms with Crippen molar-refractivity contribution in [3.05, 3.63) is 24.3 Å². The van der Waals surface area contributed by atoms with Crippen LogP contribution in [0.1, 0.15) is 27.7 Å². The molecule has 1 aromatic carbocycles. The number of nitrogens with zero attached hydrogens (tertiary/aromatic N) is 1. The fourth-order valence-electron chi connectivity index (χ4n) is 1.32. The van der Waals surface area contributed by atoms with Gasteiger partial charge >= 0.3 is 0 Å². The van der Waals surface area contributed by atoms with E-state index in [0.717, 1.165) is 10.6 Å². The van der Waals surface area contributed by atoms with Crippen molar-refractivity contribution in [3.63, 3.8) is 0 Å². The highest BCUT2D eigenvalue weighted by molar-refractivity contribution is 8.00. The lowest BCUT2D eigenvalue weighted by Crippen LogP contribution is -2.23. The molecule has 0 aliphatic rings. The molecule has 16 heavy (non-hydrogen) atoms. The molecule has 0 atom stereocenters. The Labute approximate surface area is 102 Å². The van der Waals surface area contributed by atoms with Crippen LogP contribution in [-0.4, -0.2) is 17.7 Å². The molecule has 0 heterocycles. The number of thioether (sulfide) groups is 1. The van der Waals surface area contributed by atoms with Crippen LogP contribution in [0.15, 0.2) is 29.2 Å². The third-order valence-corrected chi connectivity index (χ3v) is 3.29. The third kappa shape index (κ3) is 3.56. The number of amides is 1. The average molecular weight is 237 g/mol. The summed E-state index contributed by atoms with van der Waals surface area (Å²) in [5.74, 6) is 0.0574. The van der Waals surface area contributed by atoms with Gasteiger partial charge in [-0.3, -0.25) is 4.79 Å². The van der Waals surface area contributed by atoms with Crippen molar-refractivity contribution in [2.45, 2.75) is 37.3 Å². The number of carbonyl (C=O) groups excluding carboxylic acids is 1. The Morgan fingerprint density at radius 1 is 1.25 bits per heavy atom. The van der Waals surface area contributed by atoms with Gasteiger partial charge in [0.25, 0.3) is 0 Å². The van der Waals surface area contributed by atoms with E-state index in [2.05, 4.69) is 26.8 Å². The Kier molecular flexibility index (Phi) is 4.03. The first kappa shape index (κ1) is 13.1. The normalized spacial score (nSPS) is 11.3. The lowest BCUT2D eigenvalue weighted by atomic mass is 10.2. The van der Waals surface area contributed by atoms with E-state index in [1.807, 2.05) is 25.2 Å². The molecule has 1 rings (SSSR count). The summed E-state index contributed by atoms with van der Waals surface area (Å²) in [6, 6.07) is 8.01. The molecule has 0 aliphatic carbocycles. The molecular formula is C13H19NOS. The Balaban J connectivity index is 3.05. The van der Waals surface area contributed by atoms with E-state index >= 15 is 0 Å². The van der Waals surface area contributed by atoms with Gasteiger partial charge in [-0.05, 0) is 12.1 Å². The molecule has 3 heteroatoms. The second-order valence-corrected chi connectivity index (χ2v) is 6.63. The number of anilines is 1. The van der Waals surface area contributed by atoms with Crippen LogP contribution < -0.4 is 4.90 Å². The summed E-state index contributed by atoms with van der Waals surface area (Å²) in [7, 11) is 1.81. The van der Waals surface area contributed by atoms with E-state index in [4.69, 9.17) is 0 Å². The number of benzene rings is 1. The average Bonchev–Trinajstić information content (AvgIpc) is 2.15. The lowest BCUT2D eigenvalue weighted by Gasteiger charge is -2.23. The van der Waals surface area contributed by atoms with Crippen LogP contribution in [0.2, 0.25) is 0 Å². The molecule has 2 nitrogen and oxygen atoms in total. The fraction of sp³-hybridized carbons (Fsp3) is 0.462. The molecule has 0 unspecified atom stereocenters. The Bertz CT molecular complexity index is 382. The number of hydrogen-bond acceptors (Lipinski definition) is 2. The molecule has 0 radical (unpaired) electrons. The van der Waals surface area contributed by atoms with Gasteiger partial charge in [-0.25, -0.2) is 0 Å². The first-order valence-corrected chi connectivity index (χ1v) is 6.15. The van der Waals surface area contributed by atoms with Gasteiger partial charge in [0.05, 0.1) is 5.69 Å². The van der Waals surface area contributed by atoms with Crippen molar-refractivity contribution in [1.29, 1.82) is 0 Å². The highest BCUT2D eigenvalue weighted by Gasteiger charge is 2.17. The van der Waals surface area contributed by atoms with Gasteiger partial charge in [-0.2, -0.15) is 0 Å². The largest absolute Gasteiger partial charge is 0.315 e. The van der Waals surface area contributed by atoms with E-state index < -0.39 is 0 Å². The zero-order valence-electron chi connectivity index (χ0n) is 10.6. The minimum Gasteiger partial charge on any atom is -0.315 e. The van der Waals surface area contributed by atoms with Crippen molar-refractivity contribution in [2.75, 3.05) is 11.9 Å². The predicted octanol–water partition coefficient (Wildman–Crippen LogP) is 3.56. The number of hydrogen-bond donors (Lipinski definition) is 0. The van der Waals surface area contributed by atoms with Crippen LogP contribution in [-0.2, 0) is 4.79 Å². The quantitative estimate of drug-likeness (QED) is 0.733. The van der Waals surface area contributed by atoms with Gasteiger partial charge < -0.3 is 4.90 Å². The highest BCUT2D eigenvalue weighted by Crippen LogP contribution is 2.37. The predicted molar refractivity (Wildman–Crippen MR) is 71.1 cm³/mol. The zero-order chi connectivity index (χ0) is 12.3. The molecule has 0 aliphatic heterocycles. The molecule has 88 valence electrons. The van der Waals surface area contributed by atoms with E-state index in [1.54, 1.807) is 23.6 Å². The molecule has 0 saturated heterocycles. The number of rotatable bonds is 2. The van der Waals surface area contributed by atoms with Crippen molar-refractivity contribution in [1.82, 2.24) is 0 Å². The monoisotopic (exact) mass is 237 g/mol. The van der Waals surface area contributed by atoms with Crippen LogP contribution in [0.25, 0.3) is 0 Å². The Morgan fingerprint density at radius 3 is 2.31 bits per heavy atom. The van der Waals surface area contributed by atoms with Gasteiger partial charge in [0, 0.05) is 23.6 Å². The maximum Gasteiger partial charge on any atom is 0.223 e. The molecule has 1 amide bonds. The summed E-state index contributed by atoms with van der Waals surface area (Å²) >= 11 is 1.78. The topological polar surface area (TPSA) is 20.3 Å². The van der Waals surface area contributed by atoms with E-state index in [0.29, 0.717) is 0 Å². The van der Waals surface area contributed by atoms with E-state index in [9.17, 15) is 4.79 Å². The summed E-state index contributed by atoms with van der Waals surface area (Å²) < 4.78 is 0.147. The smallest absolute Gasteiger partial charge is 0.223 e. The van der Waals surface area contributed by atoms with E-state index in [-0.39, 0.29) is 10.7 Å². The summed E-state index contributed by atoms with van der Waals surface area (Å²) in [6.07, 6.45) is 0. The van der Waals surface area contributed by atoms with Crippen LogP contribution in [0.3, 0.4) is 0 Å². The second-order valence-electron chi connectivity index (χ2n) is 4.76. The minimum absolute atomic E-state index is 0.0574. The van der Waals surface area contributed by atoms with E-state index in [1.165, 1.54) is 0 Å². The minimum atomic E-state index is 0.0574. The summed E-state index contributed by atoms with van der Waals surface area (Å²) in [4.78, 5) is 14.2. The molecular weight excluding hydrogens is 218 g/mol. The zero-order valence-corrected chi connectivity index (χ0v) is 11.4. The highest BCUT2D eigenvalue weighted by atomic mass is 32.2. The van der Waals surface area contributed by atoms with Crippen molar-refractivity contribution in [2.24, 2.45) is 0 Å². The Hall–Kier alpha value is -0.960. The van der Waals surface area contributed by atoms with Gasteiger partial charge in [0.15, 0.2) is 0 Å². The van der Waals surface area contributed by atoms with Crippen LogP contribution in [0, 0.1) is 0 Å². The van der Waals surface area contributed by atoms with Crippen LogP contribution in [0.5, 0.6) is 0 Å². The first-order chi connectivity index (χ1) is 7.31. The molecule has 0 fully saturated rings. The van der Waals surface area contributed by atoms with Crippen molar-refractivity contribution < 1.29 is 4.79 Å². The Morgan fingerprint density at radius 2 is 1.81 bits per heavy atom. The first-order valence-electron chi connectivity index (χ1n) is 5.33. The lowest BCUT2D eigenvalue weighted by molar-refractivity contribution is -0.116. The molecule has 0 bridgehead atoms. The van der Waals surface area contributed by atoms with Crippen molar-refractivity contribution in [3.8, 4) is 0 Å². The standard InChI is InChI=1S/C13H19NOS/c1-10(15)14(5)11-8-6-7-9-12(11)16-13(2,3)4/h6-9H,1-5H3. The maximum absolute atomic E-state index is 11.4. The van der Waals surface area contributed by atoms with Gasteiger partial charge in [0.2, 0.25) is 5.91 Å². The van der Waals surface area contributed by atoms with Gasteiger partial charge in [-0.15, -0.1) is 11.8 Å². The molecule has 0 spiro atoms. The van der Waals surface area contributed by atoms with Crippen molar-refractivity contribution >= 4 is 23.4 Å². The summed E-state index contributed by atoms with van der Waals surface area (Å²) in [5.41, 5.74) is 0.981. The number of carbonyl (C=O) groups is 1. The molecule has 0 N–H and O–H groups in total. The van der Waals surface area contributed by atoms with Gasteiger partial charge in [0.1, 0.15) is 0 Å². The van der Waals surface area contributed by atoms with Crippen LogP contribution in [0.4, 0.5) is 5.69 Å².